The predicted molar refractivity (Wildman–Crippen MR) is 94.0 cm³/mol. The Morgan fingerprint density at radius 1 is 1.06 bits per heavy atom. The number of carboxylic acids is 2. The molecule has 0 aliphatic carbocycles. The third-order valence-corrected chi connectivity index (χ3v) is 3.52. The lowest BCUT2D eigenvalue weighted by Crippen LogP contribution is -2.35. The molecule has 5 N–H and O–H groups in total. The number of amides is 2. The number of aromatic nitrogens is 1. The van der Waals surface area contributed by atoms with Gasteiger partial charge in [0.25, 0.3) is 0 Å². The van der Waals surface area contributed by atoms with Crippen LogP contribution in [0.5, 0.6) is 0 Å². The monoisotopic (exact) mass is 476 g/mol. The number of alkyl halides is 6. The molecule has 1 aliphatic heterocycles. The van der Waals surface area contributed by atoms with Gasteiger partial charge in [-0.15, -0.1) is 0 Å². The molecule has 1 unspecified atom stereocenters. The third kappa shape index (κ3) is 11.0. The molecule has 1 fully saturated rings. The number of hydrogen-bond donors (Lipinski definition) is 4. The van der Waals surface area contributed by atoms with Crippen LogP contribution in [0.15, 0.2) is 24.5 Å². The highest BCUT2D eigenvalue weighted by atomic mass is 19.4. The van der Waals surface area contributed by atoms with Gasteiger partial charge in [0.05, 0.1) is 0 Å². The first kappa shape index (κ1) is 28.4. The highest BCUT2D eigenvalue weighted by Crippen LogP contribution is 2.17. The lowest BCUT2D eigenvalue weighted by Gasteiger charge is -2.16. The smallest absolute Gasteiger partial charge is 0.475 e. The number of rotatable bonds is 5. The maximum absolute atomic E-state index is 11.8. The maximum atomic E-state index is 11.8. The van der Waals surface area contributed by atoms with Gasteiger partial charge in [0.2, 0.25) is 11.8 Å². The van der Waals surface area contributed by atoms with Crippen molar-refractivity contribution in [2.75, 3.05) is 25.0 Å². The van der Waals surface area contributed by atoms with Crippen molar-refractivity contribution in [1.82, 2.24) is 9.88 Å². The Labute approximate surface area is 176 Å². The van der Waals surface area contributed by atoms with Crippen molar-refractivity contribution in [3.63, 3.8) is 0 Å². The van der Waals surface area contributed by atoms with E-state index in [2.05, 4.69) is 10.3 Å². The number of carbonyl (C=O) groups excluding carboxylic acids is 2. The Bertz CT molecular complexity index is 763. The predicted octanol–water partition coefficient (Wildman–Crippen LogP) is 1.09. The summed E-state index contributed by atoms with van der Waals surface area (Å²) in [6, 6.07) is 3.72. The first-order valence-electron chi connectivity index (χ1n) is 8.39. The number of halogens is 6. The molecule has 32 heavy (non-hydrogen) atoms. The summed E-state index contributed by atoms with van der Waals surface area (Å²) in [6.07, 6.45) is -6.23. The van der Waals surface area contributed by atoms with Crippen molar-refractivity contribution in [3.05, 3.63) is 24.5 Å². The Balaban J connectivity index is 0.000000570. The molecule has 0 aromatic carbocycles. The van der Waals surface area contributed by atoms with E-state index in [9.17, 15) is 35.9 Å². The fourth-order valence-electron chi connectivity index (χ4n) is 2.03. The maximum Gasteiger partial charge on any atom is 0.490 e. The van der Waals surface area contributed by atoms with Gasteiger partial charge in [-0.05, 0) is 18.6 Å². The van der Waals surface area contributed by atoms with Gasteiger partial charge in [0, 0.05) is 37.7 Å². The van der Waals surface area contributed by atoms with Crippen LogP contribution in [0.4, 0.5) is 32.0 Å². The molecule has 1 aromatic rings. The van der Waals surface area contributed by atoms with Gasteiger partial charge >= 0.3 is 24.3 Å². The molecule has 2 rings (SSSR count). The number of likely N-dealkylation sites (tertiary alicyclic amines) is 1. The zero-order valence-electron chi connectivity index (χ0n) is 16.0. The van der Waals surface area contributed by atoms with Crippen LogP contribution < -0.4 is 11.1 Å². The number of nitrogens with zero attached hydrogens (tertiary/aromatic N) is 2. The molecule has 1 aromatic heterocycles. The van der Waals surface area contributed by atoms with Crippen molar-refractivity contribution >= 4 is 29.4 Å². The van der Waals surface area contributed by atoms with E-state index >= 15 is 0 Å². The number of primary amides is 1. The van der Waals surface area contributed by atoms with Crippen molar-refractivity contribution in [2.45, 2.75) is 18.8 Å². The van der Waals surface area contributed by atoms with Crippen LogP contribution in [0.2, 0.25) is 0 Å². The van der Waals surface area contributed by atoms with E-state index in [1.807, 2.05) is 12.1 Å². The van der Waals surface area contributed by atoms with Crippen molar-refractivity contribution in [1.29, 1.82) is 0 Å². The summed E-state index contributed by atoms with van der Waals surface area (Å²) in [5.41, 5.74) is 6.12. The Morgan fingerprint density at radius 3 is 1.84 bits per heavy atom. The molecule has 0 bridgehead atoms. The van der Waals surface area contributed by atoms with Crippen LogP contribution in [0, 0.1) is 5.92 Å². The van der Waals surface area contributed by atoms with Crippen LogP contribution in [-0.4, -0.2) is 75.8 Å². The van der Waals surface area contributed by atoms with Gasteiger partial charge in [-0.3, -0.25) is 14.6 Å². The Kier molecular flexibility index (Phi) is 10.9. The number of carbonyl (C=O) groups is 4. The molecule has 0 radical (unpaired) electrons. The van der Waals surface area contributed by atoms with Crippen LogP contribution >= 0.6 is 0 Å². The lowest BCUT2D eigenvalue weighted by atomic mass is 10.1. The fourth-order valence-corrected chi connectivity index (χ4v) is 2.03. The quantitative estimate of drug-likeness (QED) is 0.363. The molecule has 16 heteroatoms. The Hall–Kier alpha value is -3.59. The second-order valence-corrected chi connectivity index (χ2v) is 5.84. The topological polar surface area (TPSA) is 163 Å². The number of anilines is 1. The summed E-state index contributed by atoms with van der Waals surface area (Å²) in [6.45, 7) is 1.82. The molecule has 10 nitrogen and oxygen atoms in total. The highest BCUT2D eigenvalue weighted by Gasteiger charge is 2.39. The molecule has 1 aliphatic rings. The zero-order valence-corrected chi connectivity index (χ0v) is 16.0. The van der Waals surface area contributed by atoms with Crippen LogP contribution in [0.1, 0.15) is 6.42 Å². The summed E-state index contributed by atoms with van der Waals surface area (Å²) in [4.78, 5) is 46.2. The average molecular weight is 476 g/mol. The van der Waals surface area contributed by atoms with Gasteiger partial charge < -0.3 is 26.2 Å². The Morgan fingerprint density at radius 2 is 1.50 bits per heavy atom. The van der Waals surface area contributed by atoms with Gasteiger partial charge in [0.1, 0.15) is 5.92 Å². The van der Waals surface area contributed by atoms with E-state index in [1.165, 1.54) is 0 Å². The average Bonchev–Trinajstić information content (AvgIpc) is 3.03. The molecular weight excluding hydrogens is 458 g/mol. The van der Waals surface area contributed by atoms with Crippen LogP contribution in [-0.2, 0) is 19.2 Å². The van der Waals surface area contributed by atoms with Crippen LogP contribution in [0.3, 0.4) is 0 Å². The number of carboxylic acid groups (broad SMARTS) is 2. The largest absolute Gasteiger partial charge is 0.490 e. The molecule has 1 saturated heterocycles. The first-order valence-corrected chi connectivity index (χ1v) is 8.39. The van der Waals surface area contributed by atoms with Gasteiger partial charge in [-0.1, -0.05) is 0 Å². The standard InChI is InChI=1S/C12H16N4O2.2C2HF3O2/c13-11(17)10-3-7-16(12(10)18)8-6-15-9-1-4-14-5-2-9;2*3-2(4,5)1(6)7/h1-2,4-5,10H,3,6-8H2,(H2,13,17)(H,14,15);2*(H,6,7). The lowest BCUT2D eigenvalue weighted by molar-refractivity contribution is -0.193. The third-order valence-electron chi connectivity index (χ3n) is 3.52. The molecule has 0 spiro atoms. The first-order chi connectivity index (χ1) is 14.6. The van der Waals surface area contributed by atoms with Gasteiger partial charge in [0.15, 0.2) is 0 Å². The molecule has 2 heterocycles. The van der Waals surface area contributed by atoms with E-state index < -0.39 is 36.1 Å². The van der Waals surface area contributed by atoms with Crippen molar-refractivity contribution in [3.8, 4) is 0 Å². The summed E-state index contributed by atoms with van der Waals surface area (Å²) in [7, 11) is 0. The van der Waals surface area contributed by atoms with Crippen molar-refractivity contribution in [2.24, 2.45) is 11.7 Å². The number of nitrogens with two attached hydrogens (primary N) is 1. The van der Waals surface area contributed by atoms with Gasteiger partial charge in [-0.2, -0.15) is 26.3 Å². The normalized spacial score (nSPS) is 15.6. The number of aliphatic carboxylic acids is 2. The SMILES string of the molecule is NC(=O)C1CCN(CCNc2ccncc2)C1=O.O=C(O)C(F)(F)F.O=C(O)C(F)(F)F. The molecule has 2 amide bonds. The van der Waals surface area contributed by atoms with E-state index in [4.69, 9.17) is 25.5 Å². The summed E-state index contributed by atoms with van der Waals surface area (Å²) >= 11 is 0. The van der Waals surface area contributed by atoms with E-state index in [1.54, 1.807) is 17.3 Å². The second-order valence-electron chi connectivity index (χ2n) is 5.84. The van der Waals surface area contributed by atoms with Crippen LogP contribution in [0.25, 0.3) is 0 Å². The zero-order chi connectivity index (χ0) is 25.1. The summed E-state index contributed by atoms with van der Waals surface area (Å²) < 4.78 is 63.5. The second kappa shape index (κ2) is 12.3. The molecular formula is C16H18F6N4O6. The number of nitrogens with one attached hydrogen (secondary N) is 1. The number of pyridine rings is 1. The number of hydrogen-bond acceptors (Lipinski definition) is 6. The van der Waals surface area contributed by atoms with E-state index in [0.29, 0.717) is 26.1 Å². The highest BCUT2D eigenvalue weighted by molar-refractivity contribution is 6.00. The minimum Gasteiger partial charge on any atom is -0.475 e. The summed E-state index contributed by atoms with van der Waals surface area (Å²) in [5, 5.41) is 17.4. The minimum absolute atomic E-state index is 0.154. The molecule has 1 atom stereocenters. The molecule has 0 saturated carbocycles. The summed E-state index contributed by atoms with van der Waals surface area (Å²) in [5.74, 6) is -6.82. The van der Waals surface area contributed by atoms with E-state index in [-0.39, 0.29) is 5.91 Å². The molecule has 180 valence electrons. The minimum atomic E-state index is -5.08. The van der Waals surface area contributed by atoms with Gasteiger partial charge in [-0.25, -0.2) is 9.59 Å². The fraction of sp³-hybridized carbons (Fsp3) is 0.438. The van der Waals surface area contributed by atoms with Crippen molar-refractivity contribution < 1.29 is 55.7 Å². The van der Waals surface area contributed by atoms with E-state index in [0.717, 1.165) is 5.69 Å².